The van der Waals surface area contributed by atoms with Gasteiger partial charge in [0.25, 0.3) is 0 Å². The number of nitrogens with one attached hydrogen (secondary N) is 1. The molecule has 1 aliphatic heterocycles. The Morgan fingerprint density at radius 2 is 1.89 bits per heavy atom. The number of methoxy groups -OCH3 is 2. The molecule has 0 radical (unpaired) electrons. The van der Waals surface area contributed by atoms with E-state index in [1.807, 2.05) is 19.1 Å². The van der Waals surface area contributed by atoms with E-state index in [4.69, 9.17) is 14.2 Å². The minimum Gasteiger partial charge on any atom is -0.493 e. The summed E-state index contributed by atoms with van der Waals surface area (Å²) >= 11 is 0. The summed E-state index contributed by atoms with van der Waals surface area (Å²) in [5.74, 6) is 2.03. The van der Waals surface area contributed by atoms with Crippen molar-refractivity contribution in [1.29, 1.82) is 0 Å². The maximum Gasteiger partial charge on any atom is 0.309 e. The Morgan fingerprint density at radius 1 is 1.18 bits per heavy atom. The van der Waals surface area contributed by atoms with E-state index in [1.165, 1.54) is 0 Å². The van der Waals surface area contributed by atoms with E-state index >= 15 is 0 Å². The van der Waals surface area contributed by atoms with E-state index in [0.717, 1.165) is 53.7 Å². The second-order valence-corrected chi connectivity index (χ2v) is 6.81. The summed E-state index contributed by atoms with van der Waals surface area (Å²) < 4.78 is 16.0. The Bertz CT molecular complexity index is 1010. The van der Waals surface area contributed by atoms with Gasteiger partial charge in [-0.3, -0.25) is 4.79 Å². The summed E-state index contributed by atoms with van der Waals surface area (Å²) in [4.78, 5) is 26.6. The van der Waals surface area contributed by atoms with Gasteiger partial charge in [0, 0.05) is 24.5 Å². The van der Waals surface area contributed by atoms with Crippen LogP contribution in [0.15, 0.2) is 18.5 Å². The van der Waals surface area contributed by atoms with E-state index in [9.17, 15) is 4.79 Å². The molecule has 1 fully saturated rings. The first-order valence-electron chi connectivity index (χ1n) is 9.46. The summed E-state index contributed by atoms with van der Waals surface area (Å²) in [5.41, 5.74) is 2.63. The molecule has 0 amide bonds. The number of anilines is 1. The van der Waals surface area contributed by atoms with Crippen LogP contribution in [0.5, 0.6) is 11.5 Å². The first kappa shape index (κ1) is 18.3. The number of carbonyl (C=O) groups is 1. The number of aromatic nitrogens is 3. The van der Waals surface area contributed by atoms with Crippen LogP contribution in [0.2, 0.25) is 0 Å². The Morgan fingerprint density at radius 3 is 2.57 bits per heavy atom. The van der Waals surface area contributed by atoms with Crippen molar-refractivity contribution >= 4 is 33.7 Å². The summed E-state index contributed by atoms with van der Waals surface area (Å²) in [7, 11) is 3.23. The molecule has 0 aliphatic carbocycles. The van der Waals surface area contributed by atoms with Gasteiger partial charge in [0.05, 0.1) is 32.3 Å². The molecule has 1 N–H and O–H groups in total. The van der Waals surface area contributed by atoms with Crippen molar-refractivity contribution in [2.75, 3.05) is 38.8 Å². The van der Waals surface area contributed by atoms with Gasteiger partial charge >= 0.3 is 5.97 Å². The highest BCUT2D eigenvalue weighted by Crippen LogP contribution is 2.37. The fourth-order valence-electron chi connectivity index (χ4n) is 3.84. The number of fused-ring (bicyclic) bond motifs is 3. The predicted octanol–water partition coefficient (Wildman–Crippen LogP) is 2.91. The van der Waals surface area contributed by atoms with Crippen LogP contribution < -0.4 is 14.4 Å². The standard InChI is InChI=1S/C20H24N4O4/c1-4-28-20(25)12-5-7-24(8-6-12)19-18-17(21-11-22-19)13-9-15(26-2)16(27-3)10-14(13)23-18/h9-12,23H,4-8H2,1-3H3. The number of hydrogen-bond donors (Lipinski definition) is 1. The van der Waals surface area contributed by atoms with Crippen molar-refractivity contribution in [2.24, 2.45) is 5.92 Å². The maximum atomic E-state index is 12.0. The number of nitrogens with zero attached hydrogens (tertiary/aromatic N) is 3. The van der Waals surface area contributed by atoms with Crippen LogP contribution in [0, 0.1) is 5.92 Å². The number of H-pyrrole nitrogens is 1. The molecule has 8 heteroatoms. The van der Waals surface area contributed by atoms with Gasteiger partial charge in [-0.15, -0.1) is 0 Å². The first-order chi connectivity index (χ1) is 13.7. The van der Waals surface area contributed by atoms with Gasteiger partial charge < -0.3 is 24.1 Å². The Kier molecular flexibility index (Phi) is 4.93. The highest BCUT2D eigenvalue weighted by molar-refractivity contribution is 6.09. The summed E-state index contributed by atoms with van der Waals surface area (Å²) in [6.45, 7) is 3.76. The van der Waals surface area contributed by atoms with Crippen molar-refractivity contribution in [3.63, 3.8) is 0 Å². The molecular formula is C20H24N4O4. The molecule has 2 aromatic heterocycles. The number of rotatable bonds is 5. The minimum absolute atomic E-state index is 0.0373. The number of piperidine rings is 1. The number of ether oxygens (including phenoxy) is 3. The minimum atomic E-state index is -0.0974. The molecule has 1 aromatic carbocycles. The molecule has 0 atom stereocenters. The zero-order valence-electron chi connectivity index (χ0n) is 16.3. The molecule has 0 spiro atoms. The zero-order valence-corrected chi connectivity index (χ0v) is 16.3. The van der Waals surface area contributed by atoms with Crippen LogP contribution in [-0.2, 0) is 9.53 Å². The number of aromatic amines is 1. The molecule has 0 saturated carbocycles. The lowest BCUT2D eigenvalue weighted by Crippen LogP contribution is -2.37. The van der Waals surface area contributed by atoms with E-state index in [-0.39, 0.29) is 11.9 Å². The van der Waals surface area contributed by atoms with Crippen LogP contribution in [0.1, 0.15) is 19.8 Å². The van der Waals surface area contributed by atoms with Crippen LogP contribution >= 0.6 is 0 Å². The molecular weight excluding hydrogens is 360 g/mol. The monoisotopic (exact) mass is 384 g/mol. The third kappa shape index (κ3) is 3.08. The molecule has 0 bridgehead atoms. The van der Waals surface area contributed by atoms with Crippen LogP contribution in [0.25, 0.3) is 21.9 Å². The molecule has 1 saturated heterocycles. The van der Waals surface area contributed by atoms with Crippen LogP contribution in [0.3, 0.4) is 0 Å². The highest BCUT2D eigenvalue weighted by Gasteiger charge is 2.28. The quantitative estimate of drug-likeness (QED) is 0.677. The fourth-order valence-corrected chi connectivity index (χ4v) is 3.84. The third-order valence-electron chi connectivity index (χ3n) is 5.28. The lowest BCUT2D eigenvalue weighted by atomic mass is 9.97. The summed E-state index contributed by atoms with van der Waals surface area (Å²) in [6, 6.07) is 3.84. The second-order valence-electron chi connectivity index (χ2n) is 6.81. The molecule has 8 nitrogen and oxygen atoms in total. The smallest absolute Gasteiger partial charge is 0.309 e. The van der Waals surface area contributed by atoms with Gasteiger partial charge in [-0.25, -0.2) is 9.97 Å². The number of carbonyl (C=O) groups excluding carboxylic acids is 1. The largest absolute Gasteiger partial charge is 0.493 e. The van der Waals surface area contributed by atoms with Gasteiger partial charge in [0.2, 0.25) is 0 Å². The number of benzene rings is 1. The van der Waals surface area contributed by atoms with Crippen LogP contribution in [-0.4, -0.2) is 54.8 Å². The molecule has 4 rings (SSSR count). The predicted molar refractivity (Wildman–Crippen MR) is 106 cm³/mol. The lowest BCUT2D eigenvalue weighted by Gasteiger charge is -2.31. The molecule has 148 valence electrons. The zero-order chi connectivity index (χ0) is 19.7. The first-order valence-corrected chi connectivity index (χ1v) is 9.46. The molecule has 0 unspecified atom stereocenters. The molecule has 1 aliphatic rings. The number of esters is 1. The SMILES string of the molecule is CCOC(=O)C1CCN(c2ncnc3c2[nH]c2cc(OC)c(OC)cc23)CC1. The maximum absolute atomic E-state index is 12.0. The van der Waals surface area contributed by atoms with Gasteiger partial charge in [0.1, 0.15) is 17.4 Å². The molecule has 3 aromatic rings. The summed E-state index contributed by atoms with van der Waals surface area (Å²) in [6.07, 6.45) is 3.09. The van der Waals surface area contributed by atoms with Gasteiger partial charge in [-0.1, -0.05) is 0 Å². The Hall–Kier alpha value is -3.03. The van der Waals surface area contributed by atoms with Crippen molar-refractivity contribution in [1.82, 2.24) is 15.0 Å². The van der Waals surface area contributed by atoms with Crippen molar-refractivity contribution < 1.29 is 19.0 Å². The fraction of sp³-hybridized carbons (Fsp3) is 0.450. The molecule has 3 heterocycles. The lowest BCUT2D eigenvalue weighted by molar-refractivity contribution is -0.148. The second kappa shape index (κ2) is 7.53. The highest BCUT2D eigenvalue weighted by atomic mass is 16.5. The molecule has 28 heavy (non-hydrogen) atoms. The van der Waals surface area contributed by atoms with Crippen LogP contribution in [0.4, 0.5) is 5.82 Å². The Labute approximate surface area is 162 Å². The van der Waals surface area contributed by atoms with Crippen molar-refractivity contribution in [3.8, 4) is 11.5 Å². The average molecular weight is 384 g/mol. The summed E-state index contributed by atoms with van der Waals surface area (Å²) in [5, 5.41) is 0.956. The van der Waals surface area contributed by atoms with E-state index in [2.05, 4.69) is 19.9 Å². The van der Waals surface area contributed by atoms with E-state index in [0.29, 0.717) is 18.1 Å². The third-order valence-corrected chi connectivity index (χ3v) is 5.28. The van der Waals surface area contributed by atoms with E-state index in [1.54, 1.807) is 20.5 Å². The van der Waals surface area contributed by atoms with Crippen molar-refractivity contribution in [3.05, 3.63) is 18.5 Å². The average Bonchev–Trinajstić information content (AvgIpc) is 3.10. The van der Waals surface area contributed by atoms with Gasteiger partial charge in [0.15, 0.2) is 17.3 Å². The van der Waals surface area contributed by atoms with Crippen molar-refractivity contribution in [2.45, 2.75) is 19.8 Å². The van der Waals surface area contributed by atoms with Gasteiger partial charge in [-0.05, 0) is 25.8 Å². The number of hydrogen-bond acceptors (Lipinski definition) is 7. The Balaban J connectivity index is 1.68. The normalized spacial score (nSPS) is 15.2. The van der Waals surface area contributed by atoms with Gasteiger partial charge in [-0.2, -0.15) is 0 Å². The topological polar surface area (TPSA) is 89.6 Å². The van der Waals surface area contributed by atoms with E-state index < -0.39 is 0 Å².